The van der Waals surface area contributed by atoms with Crippen LogP contribution in [0.2, 0.25) is 0 Å². The smallest absolute Gasteiger partial charge is 0.271 e. The van der Waals surface area contributed by atoms with Crippen LogP contribution in [0, 0.1) is 5.92 Å². The maximum absolute atomic E-state index is 12.0. The molecule has 24 heavy (non-hydrogen) atoms. The van der Waals surface area contributed by atoms with Crippen molar-refractivity contribution in [3.05, 3.63) is 65.7 Å². The first kappa shape index (κ1) is 15.9. The summed E-state index contributed by atoms with van der Waals surface area (Å²) in [5.41, 5.74) is 5.46. The van der Waals surface area contributed by atoms with Crippen molar-refractivity contribution in [3.63, 3.8) is 0 Å². The summed E-state index contributed by atoms with van der Waals surface area (Å²) >= 11 is 0. The Kier molecular flexibility index (Phi) is 4.70. The first-order valence-corrected chi connectivity index (χ1v) is 7.94. The van der Waals surface area contributed by atoms with E-state index in [4.69, 9.17) is 0 Å². The maximum Gasteiger partial charge on any atom is 0.271 e. The third-order valence-electron chi connectivity index (χ3n) is 3.88. The molecule has 5 heteroatoms. The van der Waals surface area contributed by atoms with Crippen LogP contribution in [0.1, 0.15) is 35.7 Å². The number of carbonyl (C=O) groups excluding carboxylic acids is 2. The van der Waals surface area contributed by atoms with Crippen LogP contribution in [-0.2, 0) is 4.79 Å². The molecule has 1 aliphatic carbocycles. The lowest BCUT2D eigenvalue weighted by atomic mass is 10.1. The van der Waals surface area contributed by atoms with Crippen LogP contribution in [0.5, 0.6) is 0 Å². The molecule has 5 nitrogen and oxygen atoms in total. The van der Waals surface area contributed by atoms with E-state index in [9.17, 15) is 9.59 Å². The lowest BCUT2D eigenvalue weighted by Crippen LogP contribution is -2.19. The van der Waals surface area contributed by atoms with Crippen LogP contribution in [0.4, 0.5) is 5.69 Å². The SMILES string of the molecule is CC(=NNC(=O)c1ccccc1)c1ccc(NC(=O)C2CC2)cc1. The number of benzene rings is 2. The predicted molar refractivity (Wildman–Crippen MR) is 93.9 cm³/mol. The van der Waals surface area contributed by atoms with E-state index >= 15 is 0 Å². The number of hydrazone groups is 1. The van der Waals surface area contributed by atoms with Gasteiger partial charge in [-0.1, -0.05) is 30.3 Å². The fourth-order valence-electron chi connectivity index (χ4n) is 2.24. The molecule has 0 unspecified atom stereocenters. The normalized spacial score (nSPS) is 14.1. The molecule has 1 fully saturated rings. The molecule has 0 heterocycles. The van der Waals surface area contributed by atoms with Crippen LogP contribution in [0.25, 0.3) is 0 Å². The quantitative estimate of drug-likeness (QED) is 0.656. The maximum atomic E-state index is 12.0. The van der Waals surface area contributed by atoms with Gasteiger partial charge in [0.05, 0.1) is 5.71 Å². The zero-order chi connectivity index (χ0) is 16.9. The molecule has 2 N–H and O–H groups in total. The topological polar surface area (TPSA) is 70.6 Å². The second-order valence-electron chi connectivity index (χ2n) is 5.85. The highest BCUT2D eigenvalue weighted by molar-refractivity contribution is 6.01. The van der Waals surface area contributed by atoms with E-state index in [1.165, 1.54) is 0 Å². The Morgan fingerprint density at radius 2 is 1.62 bits per heavy atom. The first-order valence-electron chi connectivity index (χ1n) is 7.94. The molecule has 1 saturated carbocycles. The Bertz CT molecular complexity index is 763. The van der Waals surface area contributed by atoms with Crippen molar-refractivity contribution >= 4 is 23.2 Å². The monoisotopic (exact) mass is 321 g/mol. The molecule has 0 aliphatic heterocycles. The molecule has 0 radical (unpaired) electrons. The summed E-state index contributed by atoms with van der Waals surface area (Å²) in [6.45, 7) is 1.82. The highest BCUT2D eigenvalue weighted by Crippen LogP contribution is 2.30. The van der Waals surface area contributed by atoms with E-state index < -0.39 is 0 Å². The van der Waals surface area contributed by atoms with Crippen LogP contribution in [0.15, 0.2) is 59.7 Å². The minimum atomic E-state index is -0.247. The number of rotatable bonds is 5. The van der Waals surface area contributed by atoms with E-state index in [1.807, 2.05) is 37.3 Å². The van der Waals surface area contributed by atoms with Gasteiger partial charge in [0, 0.05) is 17.2 Å². The highest BCUT2D eigenvalue weighted by atomic mass is 16.2. The average Bonchev–Trinajstić information content (AvgIpc) is 3.46. The molecule has 0 aromatic heterocycles. The lowest BCUT2D eigenvalue weighted by molar-refractivity contribution is -0.117. The van der Waals surface area contributed by atoms with E-state index in [0.29, 0.717) is 11.3 Å². The van der Waals surface area contributed by atoms with Crippen molar-refractivity contribution in [1.82, 2.24) is 5.43 Å². The number of anilines is 1. The van der Waals surface area contributed by atoms with Crippen molar-refractivity contribution in [2.75, 3.05) is 5.32 Å². The first-order chi connectivity index (χ1) is 11.6. The lowest BCUT2D eigenvalue weighted by Gasteiger charge is -2.06. The van der Waals surface area contributed by atoms with Gasteiger partial charge in [0.1, 0.15) is 0 Å². The largest absolute Gasteiger partial charge is 0.326 e. The Morgan fingerprint density at radius 3 is 2.25 bits per heavy atom. The molecule has 3 rings (SSSR count). The van der Waals surface area contributed by atoms with Gasteiger partial charge in [-0.25, -0.2) is 5.43 Å². The van der Waals surface area contributed by atoms with Crippen LogP contribution < -0.4 is 10.7 Å². The molecule has 2 aromatic carbocycles. The molecular weight excluding hydrogens is 302 g/mol. The van der Waals surface area contributed by atoms with Gasteiger partial charge in [-0.3, -0.25) is 9.59 Å². The Morgan fingerprint density at radius 1 is 0.958 bits per heavy atom. The Labute approximate surface area is 140 Å². The fraction of sp³-hybridized carbons (Fsp3) is 0.211. The van der Waals surface area contributed by atoms with E-state index in [0.717, 1.165) is 24.1 Å². The number of amides is 2. The van der Waals surface area contributed by atoms with Gasteiger partial charge in [-0.05, 0) is 49.6 Å². The summed E-state index contributed by atoms with van der Waals surface area (Å²) in [5, 5.41) is 7.02. The molecular formula is C19H19N3O2. The molecule has 2 aromatic rings. The third-order valence-corrected chi connectivity index (χ3v) is 3.88. The molecule has 2 amide bonds. The molecule has 0 atom stereocenters. The van der Waals surface area contributed by atoms with E-state index in [1.54, 1.807) is 24.3 Å². The molecule has 122 valence electrons. The summed E-state index contributed by atoms with van der Waals surface area (Å²) in [6.07, 6.45) is 1.97. The Hall–Kier alpha value is -2.95. The zero-order valence-electron chi connectivity index (χ0n) is 13.5. The third kappa shape index (κ3) is 4.07. The van der Waals surface area contributed by atoms with E-state index in [-0.39, 0.29) is 17.7 Å². The van der Waals surface area contributed by atoms with E-state index in [2.05, 4.69) is 15.8 Å². The predicted octanol–water partition coefficient (Wildman–Crippen LogP) is 3.19. The summed E-state index contributed by atoms with van der Waals surface area (Å²) in [7, 11) is 0. The van der Waals surface area contributed by atoms with Crippen LogP contribution in [-0.4, -0.2) is 17.5 Å². The summed E-state index contributed by atoms with van der Waals surface area (Å²) in [5.74, 6) is 0.0210. The van der Waals surface area contributed by atoms with Crippen molar-refractivity contribution in [3.8, 4) is 0 Å². The molecule has 0 saturated heterocycles. The van der Waals surface area contributed by atoms with Gasteiger partial charge in [0.15, 0.2) is 0 Å². The molecule has 0 bridgehead atoms. The second-order valence-corrected chi connectivity index (χ2v) is 5.85. The number of nitrogens with one attached hydrogen (secondary N) is 2. The highest BCUT2D eigenvalue weighted by Gasteiger charge is 2.29. The van der Waals surface area contributed by atoms with Gasteiger partial charge in [0.2, 0.25) is 5.91 Å². The van der Waals surface area contributed by atoms with Crippen LogP contribution in [0.3, 0.4) is 0 Å². The van der Waals surface area contributed by atoms with Crippen molar-refractivity contribution in [2.24, 2.45) is 11.0 Å². The number of hydrogen-bond donors (Lipinski definition) is 2. The second kappa shape index (κ2) is 7.08. The van der Waals surface area contributed by atoms with Crippen molar-refractivity contribution in [2.45, 2.75) is 19.8 Å². The van der Waals surface area contributed by atoms with Gasteiger partial charge < -0.3 is 5.32 Å². The van der Waals surface area contributed by atoms with Crippen molar-refractivity contribution < 1.29 is 9.59 Å². The number of nitrogens with zero attached hydrogens (tertiary/aromatic N) is 1. The summed E-state index contributed by atoms with van der Waals surface area (Å²) in [6, 6.07) is 16.4. The number of carbonyl (C=O) groups is 2. The standard InChI is InChI=1S/C19H19N3O2/c1-13(21-22-19(24)15-5-3-2-4-6-15)14-9-11-17(12-10-14)20-18(23)16-7-8-16/h2-6,9-12,16H,7-8H2,1H3,(H,20,23)(H,22,24). The zero-order valence-corrected chi connectivity index (χ0v) is 13.5. The van der Waals surface area contributed by atoms with Gasteiger partial charge in [0.25, 0.3) is 5.91 Å². The minimum Gasteiger partial charge on any atom is -0.326 e. The van der Waals surface area contributed by atoms with Gasteiger partial charge >= 0.3 is 0 Å². The fourth-order valence-corrected chi connectivity index (χ4v) is 2.24. The molecule has 1 aliphatic rings. The van der Waals surface area contributed by atoms with Crippen LogP contribution >= 0.6 is 0 Å². The molecule has 0 spiro atoms. The van der Waals surface area contributed by atoms with Crippen molar-refractivity contribution in [1.29, 1.82) is 0 Å². The Balaban J connectivity index is 1.60. The van der Waals surface area contributed by atoms with Gasteiger partial charge in [-0.15, -0.1) is 0 Å². The minimum absolute atomic E-state index is 0.0864. The van der Waals surface area contributed by atoms with Gasteiger partial charge in [-0.2, -0.15) is 5.10 Å². The summed E-state index contributed by atoms with van der Waals surface area (Å²) < 4.78 is 0. The number of hydrogen-bond acceptors (Lipinski definition) is 3. The summed E-state index contributed by atoms with van der Waals surface area (Å²) in [4.78, 5) is 23.7. The average molecular weight is 321 g/mol.